The Morgan fingerprint density at radius 2 is 1.62 bits per heavy atom. The van der Waals surface area contributed by atoms with Crippen molar-refractivity contribution in [3.63, 3.8) is 0 Å². The number of hydrogen-bond acceptors (Lipinski definition) is 5. The summed E-state index contributed by atoms with van der Waals surface area (Å²) in [5.41, 5.74) is 1.00. The van der Waals surface area contributed by atoms with Crippen LogP contribution in [0.2, 0.25) is 5.02 Å². The number of anilines is 1. The molecule has 0 unspecified atom stereocenters. The fourth-order valence-corrected chi connectivity index (χ4v) is 3.96. The molecule has 0 N–H and O–H groups in total. The summed E-state index contributed by atoms with van der Waals surface area (Å²) in [7, 11) is 0. The Hall–Kier alpha value is -3.12. The normalized spacial score (nSPS) is 14.4. The highest BCUT2D eigenvalue weighted by atomic mass is 35.5. The third-order valence-corrected chi connectivity index (χ3v) is 5.74. The lowest BCUT2D eigenvalue weighted by atomic mass is 10.1. The lowest BCUT2D eigenvalue weighted by Crippen LogP contribution is -2.56. The number of aryl methyl sites for hydroxylation is 1. The van der Waals surface area contributed by atoms with Crippen molar-refractivity contribution >= 4 is 23.3 Å². The number of aromatic nitrogens is 2. The zero-order valence-electron chi connectivity index (χ0n) is 18.6. The summed E-state index contributed by atoms with van der Waals surface area (Å²) >= 11 is 5.94. The van der Waals surface area contributed by atoms with Crippen LogP contribution in [0.1, 0.15) is 19.7 Å². The van der Waals surface area contributed by atoms with Crippen molar-refractivity contribution in [3.8, 4) is 17.0 Å². The van der Waals surface area contributed by atoms with Gasteiger partial charge in [-0.05, 0) is 45.0 Å². The van der Waals surface area contributed by atoms with Gasteiger partial charge in [0.15, 0.2) is 5.60 Å². The first-order valence-corrected chi connectivity index (χ1v) is 11.1. The molecule has 0 atom stereocenters. The number of hydrogen-bond donors (Lipinski definition) is 0. The third-order valence-electron chi connectivity index (χ3n) is 5.49. The molecule has 6 nitrogen and oxygen atoms in total. The van der Waals surface area contributed by atoms with E-state index in [0.29, 0.717) is 37.0 Å². The number of benzene rings is 2. The predicted molar refractivity (Wildman–Crippen MR) is 127 cm³/mol. The third kappa shape index (κ3) is 5.02. The first kappa shape index (κ1) is 22.1. The Kier molecular flexibility index (Phi) is 6.33. The molecule has 7 heteroatoms. The molecule has 0 saturated carbocycles. The van der Waals surface area contributed by atoms with E-state index < -0.39 is 5.60 Å². The molecule has 0 spiro atoms. The maximum Gasteiger partial charge on any atom is 0.266 e. The standard InChI is InChI=1S/C25H27ClN4O2/c1-18-27-22(19-7-5-4-6-8-19)17-23(28-18)29-13-15-30(16-14-29)24(31)25(2,3)32-21-11-9-20(26)10-12-21/h4-12,17H,13-16H2,1-3H3. The fourth-order valence-electron chi connectivity index (χ4n) is 3.83. The molecule has 1 aromatic heterocycles. The van der Waals surface area contributed by atoms with Gasteiger partial charge in [-0.25, -0.2) is 9.97 Å². The molecule has 4 rings (SSSR count). The van der Waals surface area contributed by atoms with Gasteiger partial charge in [0.2, 0.25) is 0 Å². The Bertz CT molecular complexity index is 1080. The number of piperazine rings is 1. The summed E-state index contributed by atoms with van der Waals surface area (Å²) in [6, 6.07) is 19.2. The fraction of sp³-hybridized carbons (Fsp3) is 0.320. The van der Waals surface area contributed by atoms with Crippen LogP contribution in [-0.2, 0) is 4.79 Å². The highest BCUT2D eigenvalue weighted by Gasteiger charge is 2.36. The summed E-state index contributed by atoms with van der Waals surface area (Å²) in [5, 5.41) is 0.632. The number of carbonyl (C=O) groups excluding carboxylic acids is 1. The molecule has 0 bridgehead atoms. The topological polar surface area (TPSA) is 58.6 Å². The number of rotatable bonds is 5. The van der Waals surface area contributed by atoms with Crippen LogP contribution < -0.4 is 9.64 Å². The van der Waals surface area contributed by atoms with Crippen molar-refractivity contribution in [3.05, 3.63) is 71.5 Å². The van der Waals surface area contributed by atoms with E-state index in [-0.39, 0.29) is 5.91 Å². The lowest BCUT2D eigenvalue weighted by Gasteiger charge is -2.39. The summed E-state index contributed by atoms with van der Waals surface area (Å²) in [5.74, 6) is 2.21. The predicted octanol–water partition coefficient (Wildman–Crippen LogP) is 4.61. The molecule has 0 aliphatic carbocycles. The van der Waals surface area contributed by atoms with Crippen LogP contribution >= 0.6 is 11.6 Å². The SMILES string of the molecule is Cc1nc(-c2ccccc2)cc(N2CCN(C(=O)C(C)(C)Oc3ccc(Cl)cc3)CC2)n1. The molecule has 1 fully saturated rings. The van der Waals surface area contributed by atoms with Crippen LogP contribution in [0.25, 0.3) is 11.3 Å². The van der Waals surface area contributed by atoms with Crippen LogP contribution in [0.4, 0.5) is 5.82 Å². The second-order valence-electron chi connectivity index (χ2n) is 8.37. The van der Waals surface area contributed by atoms with Gasteiger partial charge in [-0.2, -0.15) is 0 Å². The van der Waals surface area contributed by atoms with E-state index in [0.717, 1.165) is 22.9 Å². The van der Waals surface area contributed by atoms with Gasteiger partial charge < -0.3 is 14.5 Å². The van der Waals surface area contributed by atoms with Crippen LogP contribution in [0.5, 0.6) is 5.75 Å². The molecule has 0 radical (unpaired) electrons. The van der Waals surface area contributed by atoms with Gasteiger partial charge in [0.05, 0.1) is 5.69 Å². The van der Waals surface area contributed by atoms with Gasteiger partial charge in [-0.1, -0.05) is 41.9 Å². The number of ether oxygens (including phenoxy) is 1. The van der Waals surface area contributed by atoms with E-state index >= 15 is 0 Å². The Balaban J connectivity index is 1.42. The summed E-state index contributed by atoms with van der Waals surface area (Å²) in [6.45, 7) is 8.13. The average Bonchev–Trinajstić information content (AvgIpc) is 2.80. The molecule has 2 heterocycles. The van der Waals surface area contributed by atoms with Crippen molar-refractivity contribution in [2.75, 3.05) is 31.1 Å². The van der Waals surface area contributed by atoms with E-state index in [4.69, 9.17) is 16.3 Å². The van der Waals surface area contributed by atoms with Crippen LogP contribution in [-0.4, -0.2) is 52.6 Å². The number of nitrogens with zero attached hydrogens (tertiary/aromatic N) is 4. The van der Waals surface area contributed by atoms with Gasteiger partial charge in [0.1, 0.15) is 17.4 Å². The summed E-state index contributed by atoms with van der Waals surface area (Å²) in [4.78, 5) is 26.5. The van der Waals surface area contributed by atoms with Crippen molar-refractivity contribution in [1.29, 1.82) is 0 Å². The highest BCUT2D eigenvalue weighted by molar-refractivity contribution is 6.30. The Morgan fingerprint density at radius 1 is 0.969 bits per heavy atom. The highest BCUT2D eigenvalue weighted by Crippen LogP contribution is 2.25. The minimum Gasteiger partial charge on any atom is -0.478 e. The molecular formula is C25H27ClN4O2. The van der Waals surface area contributed by atoms with Crippen molar-refractivity contribution < 1.29 is 9.53 Å². The van der Waals surface area contributed by atoms with Gasteiger partial charge in [-0.15, -0.1) is 0 Å². The smallest absolute Gasteiger partial charge is 0.266 e. The first-order chi connectivity index (χ1) is 15.3. The second kappa shape index (κ2) is 9.17. The van der Waals surface area contributed by atoms with Gasteiger partial charge in [0, 0.05) is 42.8 Å². The molecule has 1 aliphatic heterocycles. The average molecular weight is 451 g/mol. The van der Waals surface area contributed by atoms with Crippen LogP contribution in [0.3, 0.4) is 0 Å². The zero-order chi connectivity index (χ0) is 22.7. The van der Waals surface area contributed by atoms with E-state index in [1.54, 1.807) is 38.1 Å². The van der Waals surface area contributed by atoms with Crippen molar-refractivity contribution in [2.45, 2.75) is 26.4 Å². The van der Waals surface area contributed by atoms with Crippen LogP contribution in [0, 0.1) is 6.92 Å². The summed E-state index contributed by atoms with van der Waals surface area (Å²) in [6.07, 6.45) is 0. The van der Waals surface area contributed by atoms with Crippen molar-refractivity contribution in [2.24, 2.45) is 0 Å². The Labute approximate surface area is 193 Å². The van der Waals surface area contributed by atoms with E-state index in [2.05, 4.69) is 14.9 Å². The van der Waals surface area contributed by atoms with E-state index in [9.17, 15) is 4.79 Å². The Morgan fingerprint density at radius 3 is 2.28 bits per heavy atom. The monoisotopic (exact) mass is 450 g/mol. The lowest BCUT2D eigenvalue weighted by molar-refractivity contribution is -0.145. The molecule has 2 aromatic carbocycles. The van der Waals surface area contributed by atoms with Gasteiger partial charge in [-0.3, -0.25) is 4.79 Å². The van der Waals surface area contributed by atoms with Crippen LogP contribution in [0.15, 0.2) is 60.7 Å². The van der Waals surface area contributed by atoms with Crippen molar-refractivity contribution in [1.82, 2.24) is 14.9 Å². The number of amides is 1. The maximum absolute atomic E-state index is 13.2. The van der Waals surface area contributed by atoms with Gasteiger partial charge >= 0.3 is 0 Å². The quantitative estimate of drug-likeness (QED) is 0.568. The second-order valence-corrected chi connectivity index (χ2v) is 8.81. The molecule has 166 valence electrons. The largest absolute Gasteiger partial charge is 0.478 e. The first-order valence-electron chi connectivity index (χ1n) is 10.7. The molecule has 32 heavy (non-hydrogen) atoms. The van der Waals surface area contributed by atoms with E-state index in [1.807, 2.05) is 48.2 Å². The molecule has 1 amide bonds. The van der Waals surface area contributed by atoms with Gasteiger partial charge in [0.25, 0.3) is 5.91 Å². The zero-order valence-corrected chi connectivity index (χ0v) is 19.3. The van der Waals surface area contributed by atoms with E-state index in [1.165, 1.54) is 0 Å². The molecule has 1 saturated heterocycles. The molecule has 1 aliphatic rings. The minimum atomic E-state index is -0.970. The summed E-state index contributed by atoms with van der Waals surface area (Å²) < 4.78 is 5.98. The minimum absolute atomic E-state index is 0.0315. The number of carbonyl (C=O) groups is 1. The molecular weight excluding hydrogens is 424 g/mol. The number of halogens is 1. The maximum atomic E-state index is 13.2. The molecule has 3 aromatic rings.